The molecule has 3 N–H and O–H groups in total. The first-order chi connectivity index (χ1) is 7.44. The van der Waals surface area contributed by atoms with Crippen molar-refractivity contribution in [2.45, 2.75) is 52.0 Å². The summed E-state index contributed by atoms with van der Waals surface area (Å²) in [7, 11) is 0. The van der Waals surface area contributed by atoms with Crippen LogP contribution in [-0.4, -0.2) is 18.0 Å². The highest BCUT2D eigenvalue weighted by atomic mass is 15.1. The Labute approximate surface area is 98.9 Å². The monoisotopic (exact) mass is 223 g/mol. The van der Waals surface area contributed by atoms with Crippen molar-refractivity contribution in [3.8, 4) is 0 Å². The highest BCUT2D eigenvalue weighted by Gasteiger charge is 2.39. The van der Waals surface area contributed by atoms with Gasteiger partial charge in [-0.15, -0.1) is 0 Å². The lowest BCUT2D eigenvalue weighted by atomic mass is 9.89. The lowest BCUT2D eigenvalue weighted by molar-refractivity contribution is 0.341. The molecule has 2 aliphatic carbocycles. The minimum atomic E-state index is 0.0161. The van der Waals surface area contributed by atoms with Crippen LogP contribution < -0.4 is 11.1 Å². The van der Waals surface area contributed by atoms with Gasteiger partial charge in [-0.05, 0) is 57.8 Å². The minimum absolute atomic E-state index is 0.0161. The zero-order valence-electron chi connectivity index (χ0n) is 10.8. The van der Waals surface area contributed by atoms with E-state index in [0.717, 1.165) is 24.3 Å². The van der Waals surface area contributed by atoms with E-state index in [4.69, 9.17) is 5.73 Å². The number of rotatable bonds is 2. The molecular formula is C13H25N3. The molecule has 0 aliphatic heterocycles. The van der Waals surface area contributed by atoms with Crippen molar-refractivity contribution < 1.29 is 0 Å². The molecule has 2 rings (SSSR count). The van der Waals surface area contributed by atoms with Crippen LogP contribution in [0.3, 0.4) is 0 Å². The molecule has 0 radical (unpaired) electrons. The summed E-state index contributed by atoms with van der Waals surface area (Å²) in [4.78, 5) is 4.49. The first-order valence-electron chi connectivity index (χ1n) is 6.52. The van der Waals surface area contributed by atoms with Gasteiger partial charge in [0.1, 0.15) is 0 Å². The van der Waals surface area contributed by atoms with E-state index in [-0.39, 0.29) is 5.54 Å². The van der Waals surface area contributed by atoms with Crippen molar-refractivity contribution in [1.82, 2.24) is 5.32 Å². The Balaban J connectivity index is 1.80. The summed E-state index contributed by atoms with van der Waals surface area (Å²) < 4.78 is 0. The standard InChI is InChI=1S/C13H25N3/c1-13(2,3)16-12(14)15-8-11-7-9-4-5-10(11)6-9/h9-11H,4-8H2,1-3H3,(H3,14,15,16). The van der Waals surface area contributed by atoms with Crippen LogP contribution in [0.1, 0.15) is 46.5 Å². The molecule has 0 aromatic carbocycles. The lowest BCUT2D eigenvalue weighted by Crippen LogP contribution is -2.45. The van der Waals surface area contributed by atoms with Crippen LogP contribution in [0, 0.1) is 17.8 Å². The fourth-order valence-corrected chi connectivity index (χ4v) is 3.24. The van der Waals surface area contributed by atoms with Crippen molar-refractivity contribution in [1.29, 1.82) is 0 Å². The van der Waals surface area contributed by atoms with Gasteiger partial charge in [-0.1, -0.05) is 6.42 Å². The first kappa shape index (κ1) is 11.7. The van der Waals surface area contributed by atoms with E-state index in [2.05, 4.69) is 31.1 Å². The summed E-state index contributed by atoms with van der Waals surface area (Å²) in [5, 5.41) is 3.21. The van der Waals surface area contributed by atoms with E-state index in [1.54, 1.807) is 0 Å². The summed E-state index contributed by atoms with van der Waals surface area (Å²) in [6.07, 6.45) is 5.72. The second-order valence-electron chi connectivity index (χ2n) is 6.54. The Morgan fingerprint density at radius 1 is 1.31 bits per heavy atom. The van der Waals surface area contributed by atoms with Crippen LogP contribution in [0.2, 0.25) is 0 Å². The number of nitrogens with zero attached hydrogens (tertiary/aromatic N) is 1. The Bertz CT molecular complexity index is 277. The largest absolute Gasteiger partial charge is 0.370 e. The van der Waals surface area contributed by atoms with Crippen LogP contribution in [0.15, 0.2) is 4.99 Å². The van der Waals surface area contributed by atoms with Gasteiger partial charge in [0.15, 0.2) is 5.96 Å². The summed E-state index contributed by atoms with van der Waals surface area (Å²) in [6.45, 7) is 7.24. The average molecular weight is 223 g/mol. The molecule has 3 heteroatoms. The van der Waals surface area contributed by atoms with Crippen LogP contribution in [0.5, 0.6) is 0 Å². The molecule has 0 saturated heterocycles. The van der Waals surface area contributed by atoms with Gasteiger partial charge >= 0.3 is 0 Å². The molecular weight excluding hydrogens is 198 g/mol. The first-order valence-corrected chi connectivity index (χ1v) is 6.52. The zero-order valence-corrected chi connectivity index (χ0v) is 10.8. The molecule has 0 aromatic heterocycles. The van der Waals surface area contributed by atoms with Gasteiger partial charge in [-0.25, -0.2) is 0 Å². The molecule has 0 heterocycles. The number of hydrogen-bond acceptors (Lipinski definition) is 1. The third-order valence-electron chi connectivity index (χ3n) is 3.88. The Morgan fingerprint density at radius 3 is 2.56 bits per heavy atom. The average Bonchev–Trinajstić information content (AvgIpc) is 2.72. The quantitative estimate of drug-likeness (QED) is 0.556. The molecule has 2 saturated carbocycles. The molecule has 16 heavy (non-hydrogen) atoms. The van der Waals surface area contributed by atoms with Crippen molar-refractivity contribution in [3.63, 3.8) is 0 Å². The zero-order chi connectivity index (χ0) is 11.8. The number of guanidine groups is 1. The molecule has 92 valence electrons. The smallest absolute Gasteiger partial charge is 0.188 e. The fourth-order valence-electron chi connectivity index (χ4n) is 3.24. The Hall–Kier alpha value is -0.730. The lowest BCUT2D eigenvalue weighted by Gasteiger charge is -2.23. The van der Waals surface area contributed by atoms with E-state index >= 15 is 0 Å². The number of hydrogen-bond donors (Lipinski definition) is 2. The summed E-state index contributed by atoms with van der Waals surface area (Å²) in [5.41, 5.74) is 5.89. The fraction of sp³-hybridized carbons (Fsp3) is 0.923. The van der Waals surface area contributed by atoms with Gasteiger partial charge in [0.05, 0.1) is 0 Å². The third-order valence-corrected chi connectivity index (χ3v) is 3.88. The van der Waals surface area contributed by atoms with Crippen LogP contribution >= 0.6 is 0 Å². The molecule has 0 aromatic rings. The van der Waals surface area contributed by atoms with Gasteiger partial charge in [0, 0.05) is 12.1 Å². The third kappa shape index (κ3) is 2.89. The van der Waals surface area contributed by atoms with Crippen LogP contribution in [0.25, 0.3) is 0 Å². The SMILES string of the molecule is CC(C)(C)NC(N)=NCC1CC2CCC1C2. The maximum atomic E-state index is 5.87. The predicted octanol–water partition coefficient (Wildman–Crippen LogP) is 2.13. The predicted molar refractivity (Wildman–Crippen MR) is 68.3 cm³/mol. The van der Waals surface area contributed by atoms with Crippen molar-refractivity contribution in [3.05, 3.63) is 0 Å². The molecule has 0 spiro atoms. The molecule has 3 atom stereocenters. The van der Waals surface area contributed by atoms with E-state index in [9.17, 15) is 0 Å². The van der Waals surface area contributed by atoms with Gasteiger partial charge in [-0.3, -0.25) is 4.99 Å². The van der Waals surface area contributed by atoms with E-state index < -0.39 is 0 Å². The van der Waals surface area contributed by atoms with Gasteiger partial charge in [-0.2, -0.15) is 0 Å². The van der Waals surface area contributed by atoms with Crippen LogP contribution in [0.4, 0.5) is 0 Å². The normalized spacial score (nSPS) is 34.4. The molecule has 3 nitrogen and oxygen atoms in total. The van der Waals surface area contributed by atoms with Crippen molar-refractivity contribution in [2.24, 2.45) is 28.5 Å². The Morgan fingerprint density at radius 2 is 2.06 bits per heavy atom. The number of fused-ring (bicyclic) bond motifs is 2. The number of nitrogens with two attached hydrogens (primary N) is 1. The highest BCUT2D eigenvalue weighted by Crippen LogP contribution is 2.48. The summed E-state index contributed by atoms with van der Waals surface area (Å²) in [5.74, 6) is 3.35. The minimum Gasteiger partial charge on any atom is -0.370 e. The van der Waals surface area contributed by atoms with Gasteiger partial charge in [0.25, 0.3) is 0 Å². The van der Waals surface area contributed by atoms with Gasteiger partial charge in [0.2, 0.25) is 0 Å². The van der Waals surface area contributed by atoms with E-state index in [1.807, 2.05) is 0 Å². The molecule has 2 aliphatic rings. The maximum Gasteiger partial charge on any atom is 0.188 e. The second kappa shape index (κ2) is 4.27. The second-order valence-corrected chi connectivity index (χ2v) is 6.54. The summed E-state index contributed by atoms with van der Waals surface area (Å²) >= 11 is 0. The van der Waals surface area contributed by atoms with E-state index in [0.29, 0.717) is 5.96 Å². The summed E-state index contributed by atoms with van der Waals surface area (Å²) in [6, 6.07) is 0. The number of aliphatic imine (C=N–C) groups is 1. The Kier molecular flexibility index (Phi) is 3.13. The van der Waals surface area contributed by atoms with Gasteiger partial charge < -0.3 is 11.1 Å². The highest BCUT2D eigenvalue weighted by molar-refractivity contribution is 5.78. The molecule has 2 fully saturated rings. The number of nitrogens with one attached hydrogen (secondary N) is 1. The molecule has 2 bridgehead atoms. The molecule has 0 amide bonds. The maximum absolute atomic E-state index is 5.87. The topological polar surface area (TPSA) is 50.4 Å². The van der Waals surface area contributed by atoms with E-state index in [1.165, 1.54) is 25.7 Å². The van der Waals surface area contributed by atoms with Crippen molar-refractivity contribution in [2.75, 3.05) is 6.54 Å². The van der Waals surface area contributed by atoms with Crippen molar-refractivity contribution >= 4 is 5.96 Å². The van der Waals surface area contributed by atoms with Crippen LogP contribution in [-0.2, 0) is 0 Å². The molecule has 3 unspecified atom stereocenters.